The SMILES string of the molecule is Cc1ccc2c(N)c(C(=O)N[C@H]3COc4cc(N5CC[C@@H](CF)C5)ccc4C3)sc2n1. The van der Waals surface area contributed by atoms with Crippen molar-refractivity contribution in [2.75, 3.05) is 37.0 Å². The van der Waals surface area contributed by atoms with Crippen molar-refractivity contribution < 1.29 is 13.9 Å². The Bertz CT molecular complexity index is 1150. The molecule has 3 N–H and O–H groups in total. The second kappa shape index (κ2) is 8.00. The van der Waals surface area contributed by atoms with Gasteiger partial charge in [0.15, 0.2) is 0 Å². The van der Waals surface area contributed by atoms with Gasteiger partial charge in [0, 0.05) is 41.8 Å². The number of amides is 1. The van der Waals surface area contributed by atoms with Gasteiger partial charge in [0.2, 0.25) is 0 Å². The maximum atomic E-state index is 12.9. The van der Waals surface area contributed by atoms with E-state index < -0.39 is 0 Å². The van der Waals surface area contributed by atoms with E-state index in [4.69, 9.17) is 10.5 Å². The minimum absolute atomic E-state index is 0.122. The summed E-state index contributed by atoms with van der Waals surface area (Å²) < 4.78 is 18.9. The fourth-order valence-electron chi connectivity index (χ4n) is 4.35. The lowest BCUT2D eigenvalue weighted by Crippen LogP contribution is -2.42. The van der Waals surface area contributed by atoms with Crippen molar-refractivity contribution in [3.8, 4) is 5.75 Å². The van der Waals surface area contributed by atoms with Gasteiger partial charge in [-0.1, -0.05) is 6.07 Å². The third-order valence-corrected chi connectivity index (χ3v) is 7.21. The van der Waals surface area contributed by atoms with Crippen LogP contribution in [0.15, 0.2) is 30.3 Å². The highest BCUT2D eigenvalue weighted by atomic mass is 32.1. The molecule has 4 heterocycles. The van der Waals surface area contributed by atoms with Crippen LogP contribution in [0.4, 0.5) is 15.8 Å². The van der Waals surface area contributed by atoms with Gasteiger partial charge in [-0.3, -0.25) is 9.18 Å². The maximum Gasteiger partial charge on any atom is 0.263 e. The van der Waals surface area contributed by atoms with E-state index in [0.29, 0.717) is 23.6 Å². The minimum Gasteiger partial charge on any atom is -0.491 e. The first kappa shape index (κ1) is 20.1. The second-order valence-electron chi connectivity index (χ2n) is 8.38. The molecule has 1 aromatic carbocycles. The zero-order valence-corrected chi connectivity index (χ0v) is 18.2. The summed E-state index contributed by atoms with van der Waals surface area (Å²) in [6.45, 7) is 3.67. The van der Waals surface area contributed by atoms with Gasteiger partial charge >= 0.3 is 0 Å². The molecule has 0 spiro atoms. The first-order valence-electron chi connectivity index (χ1n) is 10.5. The van der Waals surface area contributed by atoms with Crippen LogP contribution in [0, 0.1) is 12.8 Å². The molecule has 162 valence electrons. The van der Waals surface area contributed by atoms with Gasteiger partial charge in [0.05, 0.1) is 18.4 Å². The first-order chi connectivity index (χ1) is 15.0. The van der Waals surface area contributed by atoms with Gasteiger partial charge in [0.1, 0.15) is 22.1 Å². The number of carbonyl (C=O) groups excluding carboxylic acids is 1. The van der Waals surface area contributed by atoms with Crippen molar-refractivity contribution in [2.45, 2.75) is 25.8 Å². The molecule has 0 radical (unpaired) electrons. The summed E-state index contributed by atoms with van der Waals surface area (Å²) in [5, 5.41) is 3.88. The number of pyridine rings is 1. The topological polar surface area (TPSA) is 80.5 Å². The molecule has 0 aliphatic carbocycles. The predicted octanol–water partition coefficient (Wildman–Crippen LogP) is 3.72. The first-order valence-corrected chi connectivity index (χ1v) is 11.4. The van der Waals surface area contributed by atoms with Crippen LogP contribution in [-0.2, 0) is 6.42 Å². The van der Waals surface area contributed by atoms with E-state index in [2.05, 4.69) is 21.3 Å². The van der Waals surface area contributed by atoms with Crippen molar-refractivity contribution in [3.63, 3.8) is 0 Å². The highest BCUT2D eigenvalue weighted by Crippen LogP contribution is 2.34. The molecule has 3 aromatic rings. The van der Waals surface area contributed by atoms with Gasteiger partial charge in [-0.05, 0) is 43.5 Å². The zero-order chi connectivity index (χ0) is 21.5. The number of nitrogens with one attached hydrogen (secondary N) is 1. The Morgan fingerprint density at radius 1 is 1.39 bits per heavy atom. The van der Waals surface area contributed by atoms with E-state index in [9.17, 15) is 9.18 Å². The number of nitrogens with zero attached hydrogens (tertiary/aromatic N) is 2. The van der Waals surface area contributed by atoms with Crippen molar-refractivity contribution in [3.05, 3.63) is 46.5 Å². The number of nitrogens with two attached hydrogens (primary N) is 1. The monoisotopic (exact) mass is 440 g/mol. The molecule has 0 bridgehead atoms. The number of hydrogen-bond acceptors (Lipinski definition) is 6. The molecule has 1 saturated heterocycles. The number of aryl methyl sites for hydroxylation is 1. The quantitative estimate of drug-likeness (QED) is 0.646. The Morgan fingerprint density at radius 3 is 3.06 bits per heavy atom. The minimum atomic E-state index is -0.265. The number of anilines is 2. The molecule has 2 atom stereocenters. The number of carbonyl (C=O) groups is 1. The number of rotatable bonds is 4. The van der Waals surface area contributed by atoms with Gasteiger partial charge in [-0.15, -0.1) is 11.3 Å². The second-order valence-corrected chi connectivity index (χ2v) is 9.38. The van der Waals surface area contributed by atoms with Crippen molar-refractivity contribution >= 4 is 38.8 Å². The Morgan fingerprint density at radius 2 is 2.26 bits per heavy atom. The Hall–Kier alpha value is -2.87. The number of halogens is 1. The van der Waals surface area contributed by atoms with E-state index in [1.54, 1.807) is 0 Å². The molecule has 0 saturated carbocycles. The Labute approximate surface area is 184 Å². The summed E-state index contributed by atoms with van der Waals surface area (Å²) in [6, 6.07) is 9.82. The van der Waals surface area contributed by atoms with E-state index in [0.717, 1.165) is 52.4 Å². The number of benzene rings is 1. The highest BCUT2D eigenvalue weighted by Gasteiger charge is 2.27. The van der Waals surface area contributed by atoms with Crippen LogP contribution in [0.3, 0.4) is 0 Å². The normalized spacial score (nSPS) is 20.5. The molecule has 6 nitrogen and oxygen atoms in total. The Balaban J connectivity index is 1.28. The van der Waals surface area contributed by atoms with Gasteiger partial charge in [-0.25, -0.2) is 4.98 Å². The molecule has 2 aromatic heterocycles. The summed E-state index contributed by atoms with van der Waals surface area (Å²) in [5.41, 5.74) is 9.71. The number of thiophene rings is 1. The number of fused-ring (bicyclic) bond motifs is 2. The van der Waals surface area contributed by atoms with Crippen LogP contribution in [0.25, 0.3) is 10.2 Å². The molecule has 31 heavy (non-hydrogen) atoms. The van der Waals surface area contributed by atoms with E-state index in [-0.39, 0.29) is 24.5 Å². The largest absolute Gasteiger partial charge is 0.491 e. The molecule has 5 rings (SSSR count). The van der Waals surface area contributed by atoms with Gasteiger partial charge in [0.25, 0.3) is 5.91 Å². The average molecular weight is 441 g/mol. The average Bonchev–Trinajstić information content (AvgIpc) is 3.38. The summed E-state index contributed by atoms with van der Waals surface area (Å²) >= 11 is 1.32. The van der Waals surface area contributed by atoms with Gasteiger partial charge < -0.3 is 20.7 Å². The smallest absolute Gasteiger partial charge is 0.263 e. The lowest BCUT2D eigenvalue weighted by molar-refractivity contribution is 0.0920. The third-order valence-electron chi connectivity index (χ3n) is 6.10. The summed E-state index contributed by atoms with van der Waals surface area (Å²) in [7, 11) is 0. The Kier molecular flexibility index (Phi) is 5.17. The number of ether oxygens (including phenoxy) is 1. The maximum absolute atomic E-state index is 12.9. The number of hydrogen-bond donors (Lipinski definition) is 2. The van der Waals surface area contributed by atoms with Crippen LogP contribution < -0.4 is 20.7 Å². The fraction of sp³-hybridized carbons (Fsp3) is 0.391. The van der Waals surface area contributed by atoms with E-state index in [1.165, 1.54) is 11.3 Å². The molecule has 2 aliphatic heterocycles. The van der Waals surface area contributed by atoms with Crippen LogP contribution in [0.2, 0.25) is 0 Å². The number of aromatic nitrogens is 1. The molecule has 8 heteroatoms. The summed E-state index contributed by atoms with van der Waals surface area (Å²) in [4.78, 5) is 20.8. The standard InChI is InChI=1S/C23H25FN4O2S/c1-13-2-5-18-20(25)21(31-23(18)26-13)22(29)27-16-8-15-3-4-17(9-19(15)30-12-16)28-7-6-14(10-24)11-28/h2-5,9,14,16H,6-8,10-12,25H2,1H3,(H,27,29)/t14-,16+/m0/s1. The molecule has 0 unspecified atom stereocenters. The van der Waals surface area contributed by atoms with Crippen molar-refractivity contribution in [2.24, 2.45) is 5.92 Å². The van der Waals surface area contributed by atoms with E-state index >= 15 is 0 Å². The van der Waals surface area contributed by atoms with Gasteiger partial charge in [-0.2, -0.15) is 0 Å². The third kappa shape index (κ3) is 3.80. The van der Waals surface area contributed by atoms with Crippen molar-refractivity contribution in [1.29, 1.82) is 0 Å². The van der Waals surface area contributed by atoms with Crippen LogP contribution in [-0.4, -0.2) is 43.3 Å². The lowest BCUT2D eigenvalue weighted by Gasteiger charge is -2.28. The predicted molar refractivity (Wildman–Crippen MR) is 122 cm³/mol. The number of alkyl halides is 1. The van der Waals surface area contributed by atoms with Crippen LogP contribution in [0.5, 0.6) is 5.75 Å². The summed E-state index contributed by atoms with van der Waals surface area (Å²) in [6.07, 6.45) is 1.58. The molecular weight excluding hydrogens is 415 g/mol. The highest BCUT2D eigenvalue weighted by molar-refractivity contribution is 7.21. The number of nitrogen functional groups attached to an aromatic ring is 1. The van der Waals surface area contributed by atoms with E-state index in [1.807, 2.05) is 31.2 Å². The van der Waals surface area contributed by atoms with Crippen molar-refractivity contribution in [1.82, 2.24) is 10.3 Å². The van der Waals surface area contributed by atoms with Crippen LogP contribution >= 0.6 is 11.3 Å². The molecular formula is C23H25FN4O2S. The zero-order valence-electron chi connectivity index (χ0n) is 17.4. The lowest BCUT2D eigenvalue weighted by atomic mass is 10.0. The molecule has 2 aliphatic rings. The summed E-state index contributed by atoms with van der Waals surface area (Å²) in [5.74, 6) is 0.769. The van der Waals surface area contributed by atoms with Crippen LogP contribution in [0.1, 0.15) is 27.3 Å². The fourth-order valence-corrected chi connectivity index (χ4v) is 5.40. The molecule has 1 amide bonds. The molecule has 1 fully saturated rings.